The minimum Gasteiger partial charge on any atom is -0.494 e. The van der Waals surface area contributed by atoms with E-state index in [1.54, 1.807) is 24.1 Å². The molecule has 0 spiro atoms. The highest BCUT2D eigenvalue weighted by molar-refractivity contribution is 6.31. The van der Waals surface area contributed by atoms with Crippen LogP contribution in [0.4, 0.5) is 26.0 Å². The van der Waals surface area contributed by atoms with Gasteiger partial charge in [0.1, 0.15) is 34.8 Å². The number of amides is 2. The molecule has 1 aliphatic heterocycles. The van der Waals surface area contributed by atoms with Gasteiger partial charge in [0.15, 0.2) is 5.82 Å². The number of nitrogens with one attached hydrogen (secondary N) is 3. The number of likely N-dealkylation sites (tertiary alicyclic amines) is 1. The number of halogens is 4. The zero-order chi connectivity index (χ0) is 30.9. The van der Waals surface area contributed by atoms with E-state index in [0.29, 0.717) is 35.3 Å². The first kappa shape index (κ1) is 34.2. The third-order valence-corrected chi connectivity index (χ3v) is 8.07. The molecular weight excluding hydrogens is 603 g/mol. The van der Waals surface area contributed by atoms with Gasteiger partial charge in [-0.15, -0.1) is 12.4 Å². The Morgan fingerprint density at radius 2 is 1.88 bits per heavy atom. The Hall–Kier alpha value is -3.32. The molecule has 1 aromatic heterocycles. The Morgan fingerprint density at radius 1 is 1.19 bits per heavy atom. The average molecular weight is 641 g/mol. The van der Waals surface area contributed by atoms with Gasteiger partial charge in [0, 0.05) is 30.1 Å². The minimum absolute atomic E-state index is 0. The predicted octanol–water partition coefficient (Wildman–Crippen LogP) is 4.87. The smallest absolute Gasteiger partial charge is 0.247 e. The molecule has 1 unspecified atom stereocenters. The van der Waals surface area contributed by atoms with E-state index in [4.69, 9.17) is 22.1 Å². The van der Waals surface area contributed by atoms with Gasteiger partial charge in [0.25, 0.3) is 0 Å². The number of benzene rings is 2. The summed E-state index contributed by atoms with van der Waals surface area (Å²) in [7, 11) is 3.24. The molecule has 0 aliphatic carbocycles. The number of ether oxygens (including phenoxy) is 1. The lowest BCUT2D eigenvalue weighted by Gasteiger charge is -2.46. The lowest BCUT2D eigenvalue weighted by atomic mass is 9.73. The van der Waals surface area contributed by atoms with Crippen LogP contribution in [0, 0.1) is 23.0 Å². The highest BCUT2D eigenvalue weighted by Crippen LogP contribution is 2.37. The van der Waals surface area contributed by atoms with Crippen LogP contribution in [0.2, 0.25) is 5.02 Å². The van der Waals surface area contributed by atoms with Crippen LogP contribution in [0.15, 0.2) is 30.6 Å². The van der Waals surface area contributed by atoms with Gasteiger partial charge in [-0.2, -0.15) is 0 Å². The zero-order valence-corrected chi connectivity index (χ0v) is 26.4. The van der Waals surface area contributed by atoms with Gasteiger partial charge in [-0.3, -0.25) is 9.59 Å². The normalized spacial score (nSPS) is 16.9. The number of carbonyl (C=O) groups excluding carboxylic acids is 2. The molecule has 4 atom stereocenters. The van der Waals surface area contributed by atoms with Crippen molar-refractivity contribution in [2.75, 3.05) is 31.3 Å². The third-order valence-electron chi connectivity index (χ3n) is 7.72. The Balaban J connectivity index is 0.00000506. The number of nitrogens with two attached hydrogens (primary N) is 1. The topological polar surface area (TPSA) is 134 Å². The second kappa shape index (κ2) is 13.5. The van der Waals surface area contributed by atoms with Gasteiger partial charge in [0.05, 0.1) is 29.9 Å². The van der Waals surface area contributed by atoms with Gasteiger partial charge in [-0.25, -0.2) is 18.7 Å². The fourth-order valence-electron chi connectivity index (χ4n) is 5.11. The van der Waals surface area contributed by atoms with Crippen molar-refractivity contribution in [2.24, 2.45) is 17.1 Å². The molecule has 2 amide bonds. The lowest BCUT2D eigenvalue weighted by Crippen LogP contribution is -2.63. The number of hydrogen-bond donors (Lipinski definition) is 4. The summed E-state index contributed by atoms with van der Waals surface area (Å²) in [6, 6.07) is 4.16. The van der Waals surface area contributed by atoms with Gasteiger partial charge in [0.2, 0.25) is 11.8 Å². The van der Waals surface area contributed by atoms with E-state index in [0.717, 1.165) is 6.07 Å². The number of hydrogen-bond acceptors (Lipinski definition) is 8. The molecule has 3 aromatic rings. The maximum Gasteiger partial charge on any atom is 0.247 e. The van der Waals surface area contributed by atoms with Crippen molar-refractivity contribution >= 4 is 63.9 Å². The Labute approximate surface area is 260 Å². The van der Waals surface area contributed by atoms with Gasteiger partial charge < -0.3 is 31.3 Å². The van der Waals surface area contributed by atoms with Crippen molar-refractivity contribution < 1.29 is 23.1 Å². The Kier molecular flexibility index (Phi) is 10.8. The van der Waals surface area contributed by atoms with Crippen LogP contribution in [0.3, 0.4) is 0 Å². The van der Waals surface area contributed by atoms with Crippen LogP contribution >= 0.6 is 24.0 Å². The summed E-state index contributed by atoms with van der Waals surface area (Å²) in [6.07, 6.45) is 1.76. The van der Waals surface area contributed by atoms with E-state index in [1.165, 1.54) is 19.5 Å². The van der Waals surface area contributed by atoms with E-state index in [2.05, 4.69) is 25.9 Å². The molecular formula is C29H37Cl2F2N7O3. The van der Waals surface area contributed by atoms with Crippen molar-refractivity contribution in [3.63, 3.8) is 0 Å². The summed E-state index contributed by atoms with van der Waals surface area (Å²) < 4.78 is 33.8. The predicted molar refractivity (Wildman–Crippen MR) is 166 cm³/mol. The Bertz CT molecular complexity index is 1510. The van der Waals surface area contributed by atoms with Crippen molar-refractivity contribution in [2.45, 2.75) is 52.2 Å². The van der Waals surface area contributed by atoms with Crippen LogP contribution < -0.4 is 26.4 Å². The van der Waals surface area contributed by atoms with Crippen LogP contribution in [0.25, 0.3) is 10.9 Å². The lowest BCUT2D eigenvalue weighted by molar-refractivity contribution is -0.152. The van der Waals surface area contributed by atoms with Crippen molar-refractivity contribution in [3.8, 4) is 5.75 Å². The van der Waals surface area contributed by atoms with Crippen molar-refractivity contribution in [1.29, 1.82) is 0 Å². The number of fused-ring (bicyclic) bond motifs is 1. The SMILES string of the molecule is CN[C@@H](C)C(N)[C@@H](C(=O)N1CC[C@H]1C(=O)Nc1cc2c(Nc3ccc(F)c(Cl)c3F)ncnc2cc1OC)C(C)(C)C.Cl. The van der Waals surface area contributed by atoms with Crippen LogP contribution in [-0.2, 0) is 9.59 Å². The quantitative estimate of drug-likeness (QED) is 0.244. The monoisotopic (exact) mass is 639 g/mol. The van der Waals surface area contributed by atoms with Crippen molar-refractivity contribution in [1.82, 2.24) is 20.2 Å². The first-order valence-corrected chi connectivity index (χ1v) is 13.9. The maximum absolute atomic E-state index is 14.6. The molecule has 234 valence electrons. The summed E-state index contributed by atoms with van der Waals surface area (Å²) >= 11 is 5.73. The molecule has 0 radical (unpaired) electrons. The summed E-state index contributed by atoms with van der Waals surface area (Å²) in [5.74, 6) is -2.42. The second-order valence-corrected chi connectivity index (χ2v) is 11.8. The molecule has 10 nitrogen and oxygen atoms in total. The molecule has 1 saturated heterocycles. The fourth-order valence-corrected chi connectivity index (χ4v) is 5.28. The van der Waals surface area contributed by atoms with Crippen LogP contribution in [-0.4, -0.2) is 65.5 Å². The highest BCUT2D eigenvalue weighted by atomic mass is 35.5. The number of methoxy groups -OCH3 is 1. The molecule has 5 N–H and O–H groups in total. The number of rotatable bonds is 9. The molecule has 2 heterocycles. The first-order valence-electron chi connectivity index (χ1n) is 13.6. The van der Waals surface area contributed by atoms with E-state index in [-0.39, 0.29) is 35.9 Å². The summed E-state index contributed by atoms with van der Waals surface area (Å²) in [6.45, 7) is 8.26. The second-order valence-electron chi connectivity index (χ2n) is 11.5. The number of anilines is 3. The zero-order valence-electron chi connectivity index (χ0n) is 24.8. The maximum atomic E-state index is 14.6. The molecule has 43 heavy (non-hydrogen) atoms. The summed E-state index contributed by atoms with van der Waals surface area (Å²) in [4.78, 5) is 37.2. The van der Waals surface area contributed by atoms with Crippen LogP contribution in [0.1, 0.15) is 34.1 Å². The van der Waals surface area contributed by atoms with Crippen molar-refractivity contribution in [3.05, 3.63) is 47.2 Å². The average Bonchev–Trinajstić information content (AvgIpc) is 2.91. The molecule has 2 aromatic carbocycles. The first-order chi connectivity index (χ1) is 19.8. The molecule has 0 saturated carbocycles. The Morgan fingerprint density at radius 3 is 2.47 bits per heavy atom. The summed E-state index contributed by atoms with van der Waals surface area (Å²) in [5, 5.41) is 8.59. The fraction of sp³-hybridized carbons (Fsp3) is 0.448. The number of aromatic nitrogens is 2. The van der Waals surface area contributed by atoms with Crippen LogP contribution in [0.5, 0.6) is 5.75 Å². The minimum atomic E-state index is -0.974. The molecule has 0 bridgehead atoms. The van der Waals surface area contributed by atoms with E-state index in [9.17, 15) is 18.4 Å². The molecule has 1 aliphatic rings. The van der Waals surface area contributed by atoms with Gasteiger partial charge in [-0.05, 0) is 44.0 Å². The largest absolute Gasteiger partial charge is 0.494 e. The molecule has 14 heteroatoms. The van der Waals surface area contributed by atoms with E-state index < -0.39 is 46.0 Å². The number of likely N-dealkylation sites (N-methyl/N-ethyl adjacent to an activating group) is 1. The summed E-state index contributed by atoms with van der Waals surface area (Å²) in [5.41, 5.74) is 6.73. The van der Waals surface area contributed by atoms with Gasteiger partial charge in [-0.1, -0.05) is 32.4 Å². The third kappa shape index (κ3) is 6.93. The van der Waals surface area contributed by atoms with Gasteiger partial charge >= 0.3 is 0 Å². The number of nitrogens with zero attached hydrogens (tertiary/aromatic N) is 3. The standard InChI is InChI=1S/C29H36ClF2N7O3.ClH/c1-14(34-5)25(33)22(29(2,3)4)28(41)39-10-9-20(39)27(40)38-19-11-15-18(12-21(19)42-6)35-13-36-26(15)37-17-8-7-16(31)23(30)24(17)32;/h7-8,11-14,20,22,25,34H,9-10,33H2,1-6H3,(H,38,40)(H,35,36,37);1H/t14-,20-,22-,25?;/m0./s1. The van der Waals surface area contributed by atoms with E-state index in [1.807, 2.05) is 27.7 Å². The van der Waals surface area contributed by atoms with E-state index >= 15 is 0 Å². The molecule has 4 rings (SSSR count). The number of carbonyl (C=O) groups is 2. The molecule has 1 fully saturated rings. The highest BCUT2D eigenvalue weighted by Gasteiger charge is 2.46.